The van der Waals surface area contributed by atoms with E-state index in [4.69, 9.17) is 4.74 Å². The van der Waals surface area contributed by atoms with E-state index in [0.717, 1.165) is 5.75 Å². The van der Waals surface area contributed by atoms with Crippen LogP contribution >= 0.6 is 0 Å². The molecule has 69 valence electrons. The Morgan fingerprint density at radius 2 is 1.85 bits per heavy atom. The van der Waals surface area contributed by atoms with Gasteiger partial charge in [-0.05, 0) is 12.1 Å². The van der Waals surface area contributed by atoms with E-state index in [2.05, 4.69) is 6.08 Å². The normalized spacial score (nSPS) is 10.8. The molecular formula is C10H8CoOW. The van der Waals surface area contributed by atoms with Crippen molar-refractivity contribution in [2.24, 2.45) is 0 Å². The van der Waals surface area contributed by atoms with Crippen molar-refractivity contribution in [3.05, 3.63) is 43.3 Å². The molecule has 5 radical (unpaired) electrons. The molecule has 0 amide bonds. The zero-order valence-electron chi connectivity index (χ0n) is 6.82. The van der Waals surface area contributed by atoms with Crippen LogP contribution in [-0.4, -0.2) is 6.61 Å². The van der Waals surface area contributed by atoms with Crippen LogP contribution in [0.1, 0.15) is 5.56 Å². The number of hydrogen-bond donors (Lipinski definition) is 0. The van der Waals surface area contributed by atoms with Gasteiger partial charge in [0, 0.05) is 50.8 Å². The van der Waals surface area contributed by atoms with Crippen molar-refractivity contribution in [1.29, 1.82) is 0 Å². The molecule has 1 aliphatic heterocycles. The van der Waals surface area contributed by atoms with E-state index in [1.165, 1.54) is 5.56 Å². The van der Waals surface area contributed by atoms with Gasteiger partial charge < -0.3 is 4.74 Å². The molecule has 0 bridgehead atoms. The number of hydrogen-bond acceptors (Lipinski definition) is 1. The topological polar surface area (TPSA) is 9.23 Å². The zero-order valence-corrected chi connectivity index (χ0v) is 10.8. The molecule has 0 saturated heterocycles. The number of fused-ring (bicyclic) bond motifs is 1. The van der Waals surface area contributed by atoms with E-state index < -0.39 is 0 Å². The standard InChI is InChI=1S/C9H8O.C.Co.W/c1-2-6-9-8(4-1)5-3-7-10-9;;;/h1-6H,7H2;;;. The van der Waals surface area contributed by atoms with Gasteiger partial charge in [0.25, 0.3) is 0 Å². The maximum absolute atomic E-state index is 5.34. The Bertz CT molecular complexity index is 273. The van der Waals surface area contributed by atoms with Crippen molar-refractivity contribution < 1.29 is 42.6 Å². The minimum absolute atomic E-state index is 0. The molecule has 1 aliphatic rings. The first-order valence-electron chi connectivity index (χ1n) is 3.35. The van der Waals surface area contributed by atoms with Crippen LogP contribution in [0, 0.1) is 7.43 Å². The average Bonchev–Trinajstić information content (AvgIpc) is 2.05. The summed E-state index contributed by atoms with van der Waals surface area (Å²) in [5, 5.41) is 0. The first kappa shape index (κ1) is 15.4. The largest absolute Gasteiger partial charge is 0.489 e. The first-order chi connectivity index (χ1) is 4.97. The zero-order chi connectivity index (χ0) is 6.81. The second-order valence-corrected chi connectivity index (χ2v) is 2.25. The van der Waals surface area contributed by atoms with Crippen LogP contribution in [0.3, 0.4) is 0 Å². The van der Waals surface area contributed by atoms with Crippen molar-refractivity contribution in [3.63, 3.8) is 0 Å². The Hall–Kier alpha value is -0.0452. The van der Waals surface area contributed by atoms with Gasteiger partial charge >= 0.3 is 0 Å². The summed E-state index contributed by atoms with van der Waals surface area (Å²) in [6.45, 7) is 0.705. The summed E-state index contributed by atoms with van der Waals surface area (Å²) in [4.78, 5) is 0. The minimum atomic E-state index is 0. The van der Waals surface area contributed by atoms with Crippen molar-refractivity contribution in [2.45, 2.75) is 0 Å². The van der Waals surface area contributed by atoms with Crippen LogP contribution < -0.4 is 4.74 Å². The molecule has 0 N–H and O–H groups in total. The monoisotopic (exact) mass is 387 g/mol. The first-order valence-corrected chi connectivity index (χ1v) is 3.35. The van der Waals surface area contributed by atoms with Crippen LogP contribution in [0.5, 0.6) is 5.75 Å². The maximum atomic E-state index is 5.34. The van der Waals surface area contributed by atoms with Crippen molar-refractivity contribution in [3.8, 4) is 5.75 Å². The Balaban J connectivity index is 0. The van der Waals surface area contributed by atoms with Crippen molar-refractivity contribution in [2.75, 3.05) is 6.61 Å². The van der Waals surface area contributed by atoms with Crippen LogP contribution in [0.15, 0.2) is 30.3 Å². The van der Waals surface area contributed by atoms with Gasteiger partial charge in [-0.3, -0.25) is 0 Å². The second-order valence-electron chi connectivity index (χ2n) is 2.25. The Morgan fingerprint density at radius 3 is 2.54 bits per heavy atom. The Kier molecular flexibility index (Phi) is 8.74. The van der Waals surface area contributed by atoms with Gasteiger partial charge in [-0.15, -0.1) is 0 Å². The summed E-state index contributed by atoms with van der Waals surface area (Å²) in [5.41, 5.74) is 1.17. The molecule has 0 aliphatic carbocycles. The Morgan fingerprint density at radius 1 is 1.15 bits per heavy atom. The third kappa shape index (κ3) is 3.67. The fourth-order valence-corrected chi connectivity index (χ4v) is 1.06. The van der Waals surface area contributed by atoms with Gasteiger partial charge in [-0.25, -0.2) is 0 Å². The average molecular weight is 387 g/mol. The molecule has 1 heterocycles. The van der Waals surface area contributed by atoms with Crippen molar-refractivity contribution in [1.82, 2.24) is 0 Å². The molecule has 0 spiro atoms. The third-order valence-electron chi connectivity index (χ3n) is 1.55. The molecule has 0 fully saturated rings. The summed E-state index contributed by atoms with van der Waals surface area (Å²) >= 11 is 0. The van der Waals surface area contributed by atoms with E-state index in [1.807, 2.05) is 30.3 Å². The number of benzene rings is 1. The van der Waals surface area contributed by atoms with Crippen molar-refractivity contribution >= 4 is 6.08 Å². The molecule has 1 nitrogen and oxygen atoms in total. The summed E-state index contributed by atoms with van der Waals surface area (Å²) < 4.78 is 5.34. The molecule has 0 atom stereocenters. The molecule has 2 rings (SSSR count). The maximum Gasteiger partial charge on any atom is 0.126 e. The predicted molar refractivity (Wildman–Crippen MR) is 44.2 cm³/mol. The van der Waals surface area contributed by atoms with E-state index in [0.29, 0.717) is 6.61 Å². The number of ether oxygens (including phenoxy) is 1. The van der Waals surface area contributed by atoms with E-state index in [-0.39, 0.29) is 45.3 Å². The molecule has 0 saturated carbocycles. The van der Waals surface area contributed by atoms with Crippen LogP contribution in [0.4, 0.5) is 0 Å². The fraction of sp³-hybridized carbons (Fsp3) is 0.100. The third-order valence-corrected chi connectivity index (χ3v) is 1.55. The molecule has 3 heteroatoms. The quantitative estimate of drug-likeness (QED) is 0.664. The van der Waals surface area contributed by atoms with Gasteiger partial charge in [-0.1, -0.05) is 24.3 Å². The molecule has 0 aromatic heterocycles. The molecule has 1 aromatic carbocycles. The summed E-state index contributed by atoms with van der Waals surface area (Å²) in [7, 11) is 0. The van der Waals surface area contributed by atoms with Crippen LogP contribution in [0.2, 0.25) is 0 Å². The van der Waals surface area contributed by atoms with Gasteiger partial charge in [0.2, 0.25) is 0 Å². The van der Waals surface area contributed by atoms with Gasteiger partial charge in [0.15, 0.2) is 0 Å². The smallest absolute Gasteiger partial charge is 0.126 e. The minimum Gasteiger partial charge on any atom is -0.489 e. The molecule has 13 heavy (non-hydrogen) atoms. The Labute approximate surface area is 104 Å². The molecule has 0 unspecified atom stereocenters. The van der Waals surface area contributed by atoms with Gasteiger partial charge in [0.1, 0.15) is 12.4 Å². The molecule has 1 aromatic rings. The summed E-state index contributed by atoms with van der Waals surface area (Å²) in [5.74, 6) is 0.991. The molecular weight excluding hydrogens is 379 g/mol. The van der Waals surface area contributed by atoms with Gasteiger partial charge in [-0.2, -0.15) is 0 Å². The van der Waals surface area contributed by atoms with E-state index >= 15 is 0 Å². The predicted octanol–water partition coefficient (Wildman–Crippen LogP) is 2.17. The van der Waals surface area contributed by atoms with Crippen LogP contribution in [0.25, 0.3) is 6.08 Å². The van der Waals surface area contributed by atoms with Crippen LogP contribution in [-0.2, 0) is 37.8 Å². The SMILES string of the molecule is C1=Cc2ccccc2OC1.[C].[Co].[W]. The number of rotatable bonds is 0. The van der Waals surface area contributed by atoms with E-state index in [9.17, 15) is 0 Å². The van der Waals surface area contributed by atoms with E-state index in [1.54, 1.807) is 0 Å². The fourth-order valence-electron chi connectivity index (χ4n) is 1.06. The second kappa shape index (κ2) is 7.37. The number of para-hydroxylation sites is 1. The summed E-state index contributed by atoms with van der Waals surface area (Å²) in [6, 6.07) is 8.03. The summed E-state index contributed by atoms with van der Waals surface area (Å²) in [6.07, 6.45) is 4.10. The van der Waals surface area contributed by atoms with Gasteiger partial charge in [0.05, 0.1) is 0 Å².